The molecule has 0 amide bonds. The minimum atomic E-state index is -0.352. The van der Waals surface area contributed by atoms with Crippen molar-refractivity contribution in [1.82, 2.24) is 5.27 Å². The predicted octanol–water partition coefficient (Wildman–Crippen LogP) is 0.560. The number of hydrogen-bond acceptors (Lipinski definition) is 4. The zero-order valence-corrected chi connectivity index (χ0v) is 9.13. The van der Waals surface area contributed by atoms with Gasteiger partial charge >= 0.3 is 5.88 Å². The molecule has 0 aliphatic rings. The fraction of sp³-hybridized carbons (Fsp3) is 0.182. The van der Waals surface area contributed by atoms with Crippen molar-refractivity contribution in [1.29, 1.82) is 0 Å². The van der Waals surface area contributed by atoms with Gasteiger partial charge < -0.3 is 5.11 Å². The van der Waals surface area contributed by atoms with Gasteiger partial charge in [-0.25, -0.2) is 9.38 Å². The van der Waals surface area contributed by atoms with Gasteiger partial charge in [-0.15, -0.1) is 0 Å². The van der Waals surface area contributed by atoms with Crippen LogP contribution in [-0.4, -0.2) is 11.2 Å². The molecule has 0 aliphatic carbocycles. The highest BCUT2D eigenvalue weighted by Crippen LogP contribution is 2.06. The van der Waals surface area contributed by atoms with Crippen LogP contribution in [0.1, 0.15) is 12.5 Å². The predicted molar refractivity (Wildman–Crippen MR) is 55.0 cm³/mol. The normalized spacial score (nSPS) is 11.8. The number of halogens is 1. The summed E-state index contributed by atoms with van der Waals surface area (Å²) in [7, 11) is 0. The van der Waals surface area contributed by atoms with Crippen LogP contribution in [0.5, 0.6) is 0 Å². The van der Waals surface area contributed by atoms with Crippen LogP contribution in [0, 0.1) is 5.82 Å². The molecule has 2 aromatic rings. The number of hydrogen-bond donors (Lipinski definition) is 0. The summed E-state index contributed by atoms with van der Waals surface area (Å²) in [4.78, 5) is 3.59. The van der Waals surface area contributed by atoms with Crippen LogP contribution in [-0.2, 0) is 6.54 Å². The van der Waals surface area contributed by atoms with E-state index in [-0.39, 0.29) is 17.6 Å². The van der Waals surface area contributed by atoms with E-state index < -0.39 is 0 Å². The molecule has 1 aromatic carbocycles. The van der Waals surface area contributed by atoms with Gasteiger partial charge in [0.25, 0.3) is 6.20 Å². The van der Waals surface area contributed by atoms with E-state index in [1.165, 1.54) is 29.9 Å². The lowest BCUT2D eigenvalue weighted by molar-refractivity contribution is -0.754. The molecule has 88 valence electrons. The first-order valence-corrected chi connectivity index (χ1v) is 4.97. The number of nitrogens with zero attached hydrogens (tertiary/aromatic N) is 3. The fourth-order valence-corrected chi connectivity index (χ4v) is 1.32. The molecule has 1 aromatic heterocycles. The Morgan fingerprint density at radius 3 is 2.82 bits per heavy atom. The van der Waals surface area contributed by atoms with Crippen LogP contribution >= 0.6 is 0 Å². The first-order valence-electron chi connectivity index (χ1n) is 4.97. The van der Waals surface area contributed by atoms with Gasteiger partial charge in [-0.05, 0) is 41.8 Å². The van der Waals surface area contributed by atoms with Crippen molar-refractivity contribution in [3.05, 3.63) is 41.8 Å². The van der Waals surface area contributed by atoms with Crippen LogP contribution in [0.15, 0.2) is 40.0 Å². The van der Waals surface area contributed by atoms with E-state index in [4.69, 9.17) is 4.52 Å². The van der Waals surface area contributed by atoms with Crippen molar-refractivity contribution < 1.29 is 18.7 Å². The Labute approximate surface area is 96.8 Å². The summed E-state index contributed by atoms with van der Waals surface area (Å²) >= 11 is 0. The van der Waals surface area contributed by atoms with Crippen LogP contribution in [0.25, 0.3) is 0 Å². The quantitative estimate of drug-likeness (QED) is 0.443. The van der Waals surface area contributed by atoms with Crippen molar-refractivity contribution in [2.75, 3.05) is 0 Å². The molecule has 0 fully saturated rings. The minimum absolute atomic E-state index is 0.152. The maximum atomic E-state index is 12.7. The van der Waals surface area contributed by atoms with E-state index in [0.717, 1.165) is 5.56 Å². The lowest BCUT2D eigenvalue weighted by atomic mass is 10.2. The molecule has 0 unspecified atom stereocenters. The summed E-state index contributed by atoms with van der Waals surface area (Å²) in [6, 6.07) is 6.05. The average Bonchev–Trinajstić information content (AvgIpc) is 2.68. The van der Waals surface area contributed by atoms with Crippen LogP contribution < -0.4 is 9.79 Å². The Balaban J connectivity index is 2.11. The van der Waals surface area contributed by atoms with E-state index >= 15 is 0 Å². The molecular formula is C11H10FN3O2. The molecule has 0 atom stereocenters. The van der Waals surface area contributed by atoms with Gasteiger partial charge in [0, 0.05) is 5.56 Å². The van der Waals surface area contributed by atoms with Gasteiger partial charge in [-0.2, -0.15) is 0 Å². The molecule has 0 aliphatic heterocycles. The van der Waals surface area contributed by atoms with E-state index in [9.17, 15) is 9.50 Å². The smallest absolute Gasteiger partial charge is 0.320 e. The third kappa shape index (κ3) is 3.10. The number of aliphatic imine (C=N–C) groups is 1. The lowest BCUT2D eigenvalue weighted by Gasteiger charge is -1.95. The number of benzene rings is 1. The second-order valence-electron chi connectivity index (χ2n) is 3.50. The summed E-state index contributed by atoms with van der Waals surface area (Å²) in [5.74, 6) is -0.485. The molecule has 0 N–H and O–H groups in total. The summed E-state index contributed by atoms with van der Waals surface area (Å²) < 4.78 is 19.0. The monoisotopic (exact) mass is 235 g/mol. The molecule has 1 heterocycles. The molecule has 2 rings (SSSR count). The van der Waals surface area contributed by atoms with Gasteiger partial charge in [-0.3, -0.25) is 4.52 Å². The van der Waals surface area contributed by atoms with Crippen LogP contribution in [0.3, 0.4) is 0 Å². The molecule has 0 saturated carbocycles. The molecule has 0 spiro atoms. The summed E-state index contributed by atoms with van der Waals surface area (Å²) in [5, 5.41) is 14.4. The molecule has 17 heavy (non-hydrogen) atoms. The van der Waals surface area contributed by atoms with Crippen molar-refractivity contribution in [2.45, 2.75) is 13.5 Å². The first kappa shape index (κ1) is 11.3. The molecule has 0 saturated heterocycles. The van der Waals surface area contributed by atoms with E-state index in [2.05, 4.69) is 10.3 Å². The second-order valence-corrected chi connectivity index (χ2v) is 3.50. The Morgan fingerprint density at radius 2 is 2.18 bits per heavy atom. The Hall–Kier alpha value is -2.24. The SMILES string of the molecule is C/C([O-])=N/c1c[n+](Cc2ccc(F)cc2)no1. The molecule has 6 heteroatoms. The van der Waals surface area contributed by atoms with Gasteiger partial charge in [0.15, 0.2) is 0 Å². The Morgan fingerprint density at radius 1 is 1.47 bits per heavy atom. The summed E-state index contributed by atoms with van der Waals surface area (Å²) in [6.45, 7) is 1.75. The van der Waals surface area contributed by atoms with E-state index in [1.807, 2.05) is 0 Å². The van der Waals surface area contributed by atoms with E-state index in [1.54, 1.807) is 12.1 Å². The molecule has 5 nitrogen and oxygen atoms in total. The van der Waals surface area contributed by atoms with Crippen molar-refractivity contribution in [2.24, 2.45) is 4.99 Å². The van der Waals surface area contributed by atoms with Gasteiger partial charge in [-0.1, -0.05) is 0 Å². The second kappa shape index (κ2) is 4.73. The highest BCUT2D eigenvalue weighted by Gasteiger charge is 2.10. The Bertz CT molecular complexity index is 530. The average molecular weight is 235 g/mol. The van der Waals surface area contributed by atoms with E-state index in [0.29, 0.717) is 6.54 Å². The third-order valence-electron chi connectivity index (χ3n) is 2.02. The third-order valence-corrected chi connectivity index (χ3v) is 2.02. The minimum Gasteiger partial charge on any atom is -0.862 e. The van der Waals surface area contributed by atoms with Gasteiger partial charge in [0.2, 0.25) is 11.8 Å². The molecular weight excluding hydrogens is 225 g/mol. The maximum Gasteiger partial charge on any atom is 0.320 e. The molecule has 0 radical (unpaired) electrons. The fourth-order valence-electron chi connectivity index (χ4n) is 1.32. The summed E-state index contributed by atoms with van der Waals surface area (Å²) in [6.07, 6.45) is 1.50. The Kier molecular flexibility index (Phi) is 3.13. The lowest BCUT2D eigenvalue weighted by Crippen LogP contribution is -2.35. The van der Waals surface area contributed by atoms with Crippen LogP contribution in [0.4, 0.5) is 10.3 Å². The van der Waals surface area contributed by atoms with Gasteiger partial charge in [0.1, 0.15) is 5.82 Å². The van der Waals surface area contributed by atoms with Gasteiger partial charge in [0.05, 0.1) is 0 Å². The zero-order valence-electron chi connectivity index (χ0n) is 9.13. The highest BCUT2D eigenvalue weighted by atomic mass is 19.1. The number of rotatable bonds is 3. The van der Waals surface area contributed by atoms with Crippen molar-refractivity contribution >= 4 is 11.8 Å². The first-order chi connectivity index (χ1) is 8.13. The number of aromatic nitrogens is 2. The largest absolute Gasteiger partial charge is 0.862 e. The van der Waals surface area contributed by atoms with Crippen LogP contribution in [0.2, 0.25) is 0 Å². The maximum absolute atomic E-state index is 12.7. The topological polar surface area (TPSA) is 65.3 Å². The van der Waals surface area contributed by atoms with Crippen molar-refractivity contribution in [3.8, 4) is 0 Å². The van der Waals surface area contributed by atoms with Crippen molar-refractivity contribution in [3.63, 3.8) is 0 Å². The highest BCUT2D eigenvalue weighted by molar-refractivity contribution is 5.70. The standard InChI is InChI=1S/C11H10FN3O2/c1-8(16)13-11-7-15(14-17-11)6-9-2-4-10(12)5-3-9/h2-5,7H,6H2,1H3. The molecule has 0 bridgehead atoms. The zero-order chi connectivity index (χ0) is 12.3. The summed E-state index contributed by atoms with van der Waals surface area (Å²) in [5.41, 5.74) is 0.874.